The molecule has 0 saturated carbocycles. The van der Waals surface area contributed by atoms with Gasteiger partial charge in [-0.15, -0.1) is 0 Å². The van der Waals surface area contributed by atoms with Crippen molar-refractivity contribution in [1.29, 1.82) is 0 Å². The van der Waals surface area contributed by atoms with E-state index in [1.54, 1.807) is 48.5 Å². The van der Waals surface area contributed by atoms with E-state index < -0.39 is 23.0 Å². The molecule has 0 aliphatic heterocycles. The summed E-state index contributed by atoms with van der Waals surface area (Å²) in [6.45, 7) is 4.86. The SMILES string of the molecule is CCCCCCCCCCOc1ccc(-c2ccc3c(c2)C(F)(F)C(F)(F)c2cc(CCCC)ccc2-3)cc1. The zero-order valence-electron chi connectivity index (χ0n) is 23.2. The molecule has 0 saturated heterocycles. The number of ether oxygens (including phenoxy) is 1. The van der Waals surface area contributed by atoms with E-state index in [9.17, 15) is 0 Å². The van der Waals surface area contributed by atoms with Crippen molar-refractivity contribution in [3.8, 4) is 28.0 Å². The summed E-state index contributed by atoms with van der Waals surface area (Å²) in [5.41, 5.74) is 0.942. The normalized spacial score (nSPS) is 15.0. The van der Waals surface area contributed by atoms with E-state index in [0.29, 0.717) is 35.5 Å². The molecule has 1 aliphatic rings. The molecule has 0 bridgehead atoms. The topological polar surface area (TPSA) is 9.23 Å². The number of hydrogen-bond acceptors (Lipinski definition) is 1. The van der Waals surface area contributed by atoms with Crippen molar-refractivity contribution in [2.75, 3.05) is 6.61 Å². The second-order valence-electron chi connectivity index (χ2n) is 10.7. The van der Waals surface area contributed by atoms with Crippen molar-refractivity contribution in [1.82, 2.24) is 0 Å². The highest BCUT2D eigenvalue weighted by molar-refractivity contribution is 5.80. The van der Waals surface area contributed by atoms with Gasteiger partial charge in [0.15, 0.2) is 0 Å². The summed E-state index contributed by atoms with van der Waals surface area (Å²) >= 11 is 0. The van der Waals surface area contributed by atoms with Gasteiger partial charge >= 0.3 is 11.8 Å². The second-order valence-corrected chi connectivity index (χ2v) is 10.7. The lowest BCUT2D eigenvalue weighted by molar-refractivity contribution is -0.225. The van der Waals surface area contributed by atoms with Crippen LogP contribution in [0.3, 0.4) is 0 Å². The van der Waals surface area contributed by atoms with Crippen LogP contribution in [0.1, 0.15) is 94.7 Å². The smallest absolute Gasteiger partial charge is 0.340 e. The van der Waals surface area contributed by atoms with Crippen LogP contribution >= 0.6 is 0 Å². The number of unbranched alkanes of at least 4 members (excludes halogenated alkanes) is 8. The molecule has 210 valence electrons. The van der Waals surface area contributed by atoms with Gasteiger partial charge in [0.2, 0.25) is 0 Å². The van der Waals surface area contributed by atoms with E-state index in [0.717, 1.165) is 25.7 Å². The van der Waals surface area contributed by atoms with E-state index in [-0.39, 0.29) is 11.1 Å². The van der Waals surface area contributed by atoms with Crippen LogP contribution in [-0.2, 0) is 18.3 Å². The average molecular weight is 541 g/mol. The third-order valence-electron chi connectivity index (χ3n) is 7.74. The largest absolute Gasteiger partial charge is 0.494 e. The molecule has 4 rings (SSSR count). The fourth-order valence-electron chi connectivity index (χ4n) is 5.35. The van der Waals surface area contributed by atoms with Gasteiger partial charge in [0.05, 0.1) is 6.61 Å². The first kappa shape index (κ1) is 29.2. The summed E-state index contributed by atoms with van der Waals surface area (Å²) in [4.78, 5) is 0. The maximum atomic E-state index is 15.3. The van der Waals surface area contributed by atoms with Gasteiger partial charge in [0.1, 0.15) is 5.75 Å². The summed E-state index contributed by atoms with van der Waals surface area (Å²) in [5.74, 6) is -7.89. The molecular weight excluding hydrogens is 500 g/mol. The van der Waals surface area contributed by atoms with E-state index in [2.05, 4.69) is 6.92 Å². The van der Waals surface area contributed by atoms with Crippen molar-refractivity contribution < 1.29 is 22.3 Å². The molecule has 3 aromatic rings. The molecule has 39 heavy (non-hydrogen) atoms. The maximum Gasteiger partial charge on any atom is 0.340 e. The molecule has 3 aromatic carbocycles. The van der Waals surface area contributed by atoms with E-state index >= 15 is 17.6 Å². The van der Waals surface area contributed by atoms with Crippen LogP contribution in [0.25, 0.3) is 22.3 Å². The number of hydrogen-bond donors (Lipinski definition) is 0. The van der Waals surface area contributed by atoms with Gasteiger partial charge in [-0.1, -0.05) is 102 Å². The lowest BCUT2D eigenvalue weighted by Crippen LogP contribution is -2.39. The van der Waals surface area contributed by atoms with Crippen molar-refractivity contribution in [2.45, 2.75) is 96.3 Å². The minimum Gasteiger partial charge on any atom is -0.494 e. The predicted octanol–water partition coefficient (Wildman–Crippen LogP) is 11.1. The van der Waals surface area contributed by atoms with Crippen LogP contribution in [0.15, 0.2) is 60.7 Å². The molecule has 5 heteroatoms. The fraction of sp³-hybridized carbons (Fsp3) is 0.471. The Morgan fingerprint density at radius 1 is 0.564 bits per heavy atom. The van der Waals surface area contributed by atoms with Crippen molar-refractivity contribution in [3.63, 3.8) is 0 Å². The summed E-state index contributed by atoms with van der Waals surface area (Å²) in [7, 11) is 0. The number of fused-ring (bicyclic) bond motifs is 3. The van der Waals surface area contributed by atoms with Gasteiger partial charge in [0.25, 0.3) is 0 Å². The van der Waals surface area contributed by atoms with Gasteiger partial charge in [-0.25, -0.2) is 0 Å². The van der Waals surface area contributed by atoms with Crippen LogP contribution in [0, 0.1) is 0 Å². The third-order valence-corrected chi connectivity index (χ3v) is 7.74. The minimum atomic E-state index is -4.31. The molecule has 0 aromatic heterocycles. The quantitative estimate of drug-likeness (QED) is 0.146. The Morgan fingerprint density at radius 2 is 1.10 bits per heavy atom. The predicted molar refractivity (Wildman–Crippen MR) is 152 cm³/mol. The first-order valence-electron chi connectivity index (χ1n) is 14.6. The Balaban J connectivity index is 1.45. The Hall–Kier alpha value is -2.82. The van der Waals surface area contributed by atoms with E-state index in [1.807, 2.05) is 6.92 Å². The highest BCUT2D eigenvalue weighted by Gasteiger charge is 2.62. The third kappa shape index (κ3) is 6.50. The van der Waals surface area contributed by atoms with Gasteiger partial charge in [-0.3, -0.25) is 0 Å². The van der Waals surface area contributed by atoms with Gasteiger partial charge in [0, 0.05) is 11.1 Å². The molecule has 0 unspecified atom stereocenters. The number of benzene rings is 3. The molecular formula is C34H40F4O. The molecule has 0 radical (unpaired) electrons. The summed E-state index contributed by atoms with van der Waals surface area (Å²) < 4.78 is 67.0. The molecule has 0 spiro atoms. The average Bonchev–Trinajstić information content (AvgIpc) is 2.94. The molecule has 1 nitrogen and oxygen atoms in total. The molecule has 0 N–H and O–H groups in total. The molecule has 1 aliphatic carbocycles. The minimum absolute atomic E-state index is 0.164. The summed E-state index contributed by atoms with van der Waals surface area (Å²) in [6, 6.07) is 16.3. The van der Waals surface area contributed by atoms with Crippen molar-refractivity contribution >= 4 is 0 Å². The Labute approximate surface area is 230 Å². The zero-order chi connectivity index (χ0) is 27.9. The van der Waals surface area contributed by atoms with Gasteiger partial charge in [-0.2, -0.15) is 17.6 Å². The number of rotatable bonds is 14. The first-order chi connectivity index (χ1) is 18.8. The van der Waals surface area contributed by atoms with Crippen LogP contribution in [0.4, 0.5) is 17.6 Å². The van der Waals surface area contributed by atoms with E-state index in [4.69, 9.17) is 4.74 Å². The number of alkyl halides is 4. The number of halogens is 4. The standard InChI is InChI=1S/C34H40F4O/c1-3-5-7-8-9-10-11-12-22-39-28-18-15-26(16-19-28)27-17-21-30-29-20-14-25(13-6-4-2)23-31(29)33(35,36)34(37,38)32(30)24-27/h14-21,23-24H,3-13,22H2,1-2H3. The van der Waals surface area contributed by atoms with Crippen LogP contribution in [-0.4, -0.2) is 6.61 Å². The van der Waals surface area contributed by atoms with Crippen molar-refractivity contribution in [2.24, 2.45) is 0 Å². The summed E-state index contributed by atoms with van der Waals surface area (Å²) in [5, 5.41) is 0. The van der Waals surface area contributed by atoms with Crippen LogP contribution in [0.2, 0.25) is 0 Å². The fourth-order valence-corrected chi connectivity index (χ4v) is 5.35. The van der Waals surface area contributed by atoms with Gasteiger partial charge < -0.3 is 4.74 Å². The van der Waals surface area contributed by atoms with Crippen LogP contribution in [0.5, 0.6) is 5.75 Å². The molecule has 0 amide bonds. The maximum absolute atomic E-state index is 15.3. The first-order valence-corrected chi connectivity index (χ1v) is 14.6. The highest BCUT2D eigenvalue weighted by Crippen LogP contribution is 2.58. The van der Waals surface area contributed by atoms with Crippen LogP contribution < -0.4 is 4.74 Å². The number of aryl methyl sites for hydroxylation is 1. The molecule has 0 fully saturated rings. The van der Waals surface area contributed by atoms with Gasteiger partial charge in [-0.05, 0) is 71.3 Å². The highest BCUT2D eigenvalue weighted by atomic mass is 19.3. The Morgan fingerprint density at radius 3 is 1.74 bits per heavy atom. The Bertz CT molecular complexity index is 1220. The Kier molecular flexibility index (Phi) is 9.74. The monoisotopic (exact) mass is 540 g/mol. The summed E-state index contributed by atoms with van der Waals surface area (Å²) in [6.07, 6.45) is 12.1. The molecule has 0 atom stereocenters. The van der Waals surface area contributed by atoms with E-state index in [1.165, 1.54) is 50.7 Å². The second kappa shape index (κ2) is 13.0. The van der Waals surface area contributed by atoms with Crippen molar-refractivity contribution in [3.05, 3.63) is 77.4 Å². The lowest BCUT2D eigenvalue weighted by Gasteiger charge is -2.35. The lowest BCUT2D eigenvalue weighted by atomic mass is 9.78. The molecule has 0 heterocycles. The zero-order valence-corrected chi connectivity index (χ0v) is 23.2.